The first kappa shape index (κ1) is 18.0. The number of rotatable bonds is 3. The molecular formula is C23H24ClF. The van der Waals surface area contributed by atoms with Crippen molar-refractivity contribution in [3.8, 4) is 11.8 Å². The van der Waals surface area contributed by atoms with Crippen molar-refractivity contribution in [1.29, 1.82) is 0 Å². The number of benzene rings is 2. The van der Waals surface area contributed by atoms with Crippen LogP contribution in [0.5, 0.6) is 0 Å². The van der Waals surface area contributed by atoms with Crippen LogP contribution in [0.15, 0.2) is 42.5 Å². The highest BCUT2D eigenvalue weighted by Crippen LogP contribution is 2.37. The minimum absolute atomic E-state index is 0.128. The van der Waals surface area contributed by atoms with Crippen molar-refractivity contribution >= 4 is 11.6 Å². The Morgan fingerprint density at radius 3 is 2.24 bits per heavy atom. The Kier molecular flexibility index (Phi) is 6.16. The number of hydrogen-bond acceptors (Lipinski definition) is 0. The molecule has 0 amide bonds. The molecule has 1 saturated carbocycles. The highest BCUT2D eigenvalue weighted by molar-refractivity contribution is 6.30. The van der Waals surface area contributed by atoms with Gasteiger partial charge in [0.2, 0.25) is 0 Å². The fraction of sp³-hybridized carbons (Fsp3) is 0.391. The lowest BCUT2D eigenvalue weighted by Gasteiger charge is -2.28. The maximum Gasteiger partial charge on any atom is 0.143 e. The zero-order chi connectivity index (χ0) is 17.6. The molecule has 3 rings (SSSR count). The summed E-state index contributed by atoms with van der Waals surface area (Å²) in [5.41, 5.74) is 3.03. The molecule has 1 aliphatic carbocycles. The minimum atomic E-state index is -0.428. The number of hydrogen-bond donors (Lipinski definition) is 0. The monoisotopic (exact) mass is 354 g/mol. The van der Waals surface area contributed by atoms with Gasteiger partial charge >= 0.3 is 0 Å². The van der Waals surface area contributed by atoms with Crippen LogP contribution in [0.1, 0.15) is 68.1 Å². The summed E-state index contributed by atoms with van der Waals surface area (Å²) in [4.78, 5) is 0. The van der Waals surface area contributed by atoms with Crippen molar-refractivity contribution in [3.05, 3.63) is 70.0 Å². The molecule has 2 heteroatoms. The summed E-state index contributed by atoms with van der Waals surface area (Å²) in [6.07, 6.45) is 8.02. The Morgan fingerprint density at radius 1 is 0.960 bits per heavy atom. The molecule has 2 aromatic carbocycles. The van der Waals surface area contributed by atoms with Crippen LogP contribution >= 0.6 is 11.6 Å². The second-order valence-corrected chi connectivity index (χ2v) is 7.41. The van der Waals surface area contributed by atoms with Crippen molar-refractivity contribution in [2.45, 2.75) is 51.4 Å². The largest absolute Gasteiger partial charge is 0.205 e. The average Bonchev–Trinajstić information content (AvgIpc) is 2.64. The summed E-state index contributed by atoms with van der Waals surface area (Å²) in [6, 6.07) is 13.2. The van der Waals surface area contributed by atoms with Crippen LogP contribution in [0.4, 0.5) is 4.39 Å². The maximum absolute atomic E-state index is 13.4. The molecule has 0 unspecified atom stereocenters. The first-order valence-corrected chi connectivity index (χ1v) is 9.60. The van der Waals surface area contributed by atoms with Crippen LogP contribution in [-0.2, 0) is 0 Å². The Bertz CT molecular complexity index is 759. The SMILES string of the molecule is CCC[C@H]1CC[C@H](c2ccc(C#Cc3ccc(Cl)c(F)c3)cc2)CC1. The van der Waals surface area contributed by atoms with E-state index in [4.69, 9.17) is 11.6 Å². The highest BCUT2D eigenvalue weighted by atomic mass is 35.5. The molecule has 130 valence electrons. The van der Waals surface area contributed by atoms with Crippen LogP contribution in [0.3, 0.4) is 0 Å². The fourth-order valence-electron chi connectivity index (χ4n) is 3.75. The van der Waals surface area contributed by atoms with Gasteiger partial charge in [-0.25, -0.2) is 4.39 Å². The van der Waals surface area contributed by atoms with Gasteiger partial charge in [-0.3, -0.25) is 0 Å². The zero-order valence-electron chi connectivity index (χ0n) is 14.7. The van der Waals surface area contributed by atoms with E-state index in [0.717, 1.165) is 11.5 Å². The second kappa shape index (κ2) is 8.54. The molecule has 0 aromatic heterocycles. The fourth-order valence-corrected chi connectivity index (χ4v) is 3.87. The Morgan fingerprint density at radius 2 is 1.60 bits per heavy atom. The molecule has 0 nitrogen and oxygen atoms in total. The standard InChI is InChI=1S/C23H24ClF/c1-2-3-17-6-11-20(12-7-17)21-13-8-18(9-14-21)4-5-19-10-15-22(24)23(25)16-19/h8-10,13-17,20H,2-3,6-7,11-12H2,1H3/t17-,20-. The lowest BCUT2D eigenvalue weighted by atomic mass is 9.77. The molecular weight excluding hydrogens is 331 g/mol. The van der Waals surface area contributed by atoms with Gasteiger partial charge in [-0.15, -0.1) is 0 Å². The molecule has 0 aliphatic heterocycles. The van der Waals surface area contributed by atoms with Crippen LogP contribution in [0.25, 0.3) is 0 Å². The van der Waals surface area contributed by atoms with Gasteiger partial charge in [0.05, 0.1) is 5.02 Å². The van der Waals surface area contributed by atoms with Gasteiger partial charge in [-0.1, -0.05) is 55.3 Å². The Labute approximate surface area is 155 Å². The van der Waals surface area contributed by atoms with E-state index < -0.39 is 5.82 Å². The van der Waals surface area contributed by atoms with Gasteiger partial charge in [-0.05, 0) is 73.4 Å². The van der Waals surface area contributed by atoms with E-state index in [1.165, 1.54) is 50.2 Å². The summed E-state index contributed by atoms with van der Waals surface area (Å²) in [5.74, 6) is 7.30. The quantitative estimate of drug-likeness (QED) is 0.523. The molecule has 2 aromatic rings. The van der Waals surface area contributed by atoms with Crippen molar-refractivity contribution < 1.29 is 4.39 Å². The molecule has 0 spiro atoms. The molecule has 1 aliphatic rings. The third-order valence-electron chi connectivity index (χ3n) is 5.20. The second-order valence-electron chi connectivity index (χ2n) is 7.01. The highest BCUT2D eigenvalue weighted by Gasteiger charge is 2.21. The van der Waals surface area contributed by atoms with Gasteiger partial charge in [-0.2, -0.15) is 0 Å². The normalized spacial score (nSPS) is 20.0. The topological polar surface area (TPSA) is 0 Å². The van der Waals surface area contributed by atoms with Crippen molar-refractivity contribution in [2.75, 3.05) is 0 Å². The summed E-state index contributed by atoms with van der Waals surface area (Å²) in [6.45, 7) is 2.28. The maximum atomic E-state index is 13.4. The summed E-state index contributed by atoms with van der Waals surface area (Å²) in [7, 11) is 0. The number of halogens is 2. The molecule has 0 bridgehead atoms. The van der Waals surface area contributed by atoms with Crippen LogP contribution in [0.2, 0.25) is 5.02 Å². The van der Waals surface area contributed by atoms with E-state index in [1.807, 2.05) is 0 Å². The van der Waals surface area contributed by atoms with Gasteiger partial charge in [0.15, 0.2) is 0 Å². The van der Waals surface area contributed by atoms with Crippen LogP contribution < -0.4 is 0 Å². The van der Waals surface area contributed by atoms with Crippen LogP contribution in [-0.4, -0.2) is 0 Å². The Hall–Kier alpha value is -1.78. The first-order valence-electron chi connectivity index (χ1n) is 9.22. The van der Waals surface area contributed by atoms with E-state index in [1.54, 1.807) is 12.1 Å². The lowest BCUT2D eigenvalue weighted by molar-refractivity contribution is 0.308. The smallest absolute Gasteiger partial charge is 0.143 e. The summed E-state index contributed by atoms with van der Waals surface area (Å²) in [5, 5.41) is 0.128. The molecule has 25 heavy (non-hydrogen) atoms. The van der Waals surface area contributed by atoms with Crippen molar-refractivity contribution in [1.82, 2.24) is 0 Å². The predicted octanol–water partition coefficient (Wildman–Crippen LogP) is 6.95. The third-order valence-corrected chi connectivity index (χ3v) is 5.50. The molecule has 0 saturated heterocycles. The summed E-state index contributed by atoms with van der Waals surface area (Å²) < 4.78 is 13.4. The van der Waals surface area contributed by atoms with Crippen LogP contribution in [0, 0.1) is 23.6 Å². The van der Waals surface area contributed by atoms with Gasteiger partial charge in [0.25, 0.3) is 0 Å². The third kappa shape index (κ3) is 4.86. The molecule has 0 atom stereocenters. The molecule has 1 fully saturated rings. The van der Waals surface area contributed by atoms with Gasteiger partial charge < -0.3 is 0 Å². The van der Waals surface area contributed by atoms with Gasteiger partial charge in [0, 0.05) is 11.1 Å². The predicted molar refractivity (Wildman–Crippen MR) is 103 cm³/mol. The molecule has 0 heterocycles. The van der Waals surface area contributed by atoms with E-state index in [-0.39, 0.29) is 5.02 Å². The molecule has 0 radical (unpaired) electrons. The van der Waals surface area contributed by atoms with E-state index >= 15 is 0 Å². The zero-order valence-corrected chi connectivity index (χ0v) is 15.5. The Balaban J connectivity index is 1.63. The van der Waals surface area contributed by atoms with E-state index in [9.17, 15) is 4.39 Å². The van der Waals surface area contributed by atoms with Crippen molar-refractivity contribution in [2.24, 2.45) is 5.92 Å². The average molecular weight is 355 g/mol. The minimum Gasteiger partial charge on any atom is -0.205 e. The first-order chi connectivity index (χ1) is 12.2. The van der Waals surface area contributed by atoms with E-state index in [2.05, 4.69) is 43.0 Å². The summed E-state index contributed by atoms with van der Waals surface area (Å²) >= 11 is 5.69. The van der Waals surface area contributed by atoms with E-state index in [0.29, 0.717) is 11.5 Å². The van der Waals surface area contributed by atoms with Gasteiger partial charge in [0.1, 0.15) is 5.82 Å². The van der Waals surface area contributed by atoms with Crippen molar-refractivity contribution in [3.63, 3.8) is 0 Å². The molecule has 0 N–H and O–H groups in total. The lowest BCUT2D eigenvalue weighted by Crippen LogP contribution is -2.13.